The van der Waals surface area contributed by atoms with Crippen LogP contribution in [0.5, 0.6) is 0 Å². The zero-order valence-electron chi connectivity index (χ0n) is 11.6. The Morgan fingerprint density at radius 2 is 2.21 bits per heavy atom. The fourth-order valence-electron chi connectivity index (χ4n) is 2.70. The molecular formula is C14H20N2O3. The van der Waals surface area contributed by atoms with E-state index in [0.717, 1.165) is 13.0 Å². The molecule has 5 nitrogen and oxygen atoms in total. The summed E-state index contributed by atoms with van der Waals surface area (Å²) in [4.78, 5) is 13.0. The lowest BCUT2D eigenvalue weighted by Gasteiger charge is -2.37. The van der Waals surface area contributed by atoms with Crippen molar-refractivity contribution in [2.45, 2.75) is 26.4 Å². The highest BCUT2D eigenvalue weighted by Crippen LogP contribution is 2.34. The molecule has 2 unspecified atom stereocenters. The molecule has 1 saturated heterocycles. The molecule has 1 aliphatic heterocycles. The summed E-state index contributed by atoms with van der Waals surface area (Å²) in [5.41, 5.74) is 1.63. The summed E-state index contributed by atoms with van der Waals surface area (Å²) >= 11 is 0. The van der Waals surface area contributed by atoms with Gasteiger partial charge in [-0.1, -0.05) is 19.1 Å². The molecule has 0 radical (unpaired) electrons. The van der Waals surface area contributed by atoms with Crippen LogP contribution in [-0.2, 0) is 4.74 Å². The van der Waals surface area contributed by atoms with Crippen LogP contribution < -0.4 is 4.90 Å². The van der Waals surface area contributed by atoms with E-state index in [4.69, 9.17) is 4.74 Å². The number of methoxy groups -OCH3 is 1. The molecule has 104 valence electrons. The Hall–Kier alpha value is -1.62. The zero-order valence-corrected chi connectivity index (χ0v) is 11.6. The lowest BCUT2D eigenvalue weighted by atomic mass is 9.95. The van der Waals surface area contributed by atoms with Crippen LogP contribution >= 0.6 is 0 Å². The van der Waals surface area contributed by atoms with Gasteiger partial charge in [-0.05, 0) is 25.3 Å². The fraction of sp³-hybridized carbons (Fsp3) is 0.571. The highest BCUT2D eigenvalue weighted by molar-refractivity contribution is 5.66. The van der Waals surface area contributed by atoms with Crippen LogP contribution in [0.4, 0.5) is 11.4 Å². The number of nitro benzene ring substituents is 1. The van der Waals surface area contributed by atoms with Crippen molar-refractivity contribution < 1.29 is 9.66 Å². The van der Waals surface area contributed by atoms with E-state index >= 15 is 0 Å². The Balaban J connectivity index is 2.32. The van der Waals surface area contributed by atoms with Crippen LogP contribution in [0.25, 0.3) is 0 Å². The highest BCUT2D eigenvalue weighted by Gasteiger charge is 2.30. The molecule has 19 heavy (non-hydrogen) atoms. The van der Waals surface area contributed by atoms with Crippen molar-refractivity contribution >= 4 is 11.4 Å². The quantitative estimate of drug-likeness (QED) is 0.622. The van der Waals surface area contributed by atoms with Crippen LogP contribution in [0.1, 0.15) is 18.9 Å². The summed E-state index contributed by atoms with van der Waals surface area (Å²) < 4.78 is 5.47. The van der Waals surface area contributed by atoms with Crippen molar-refractivity contribution in [3.63, 3.8) is 0 Å². The Labute approximate surface area is 113 Å². The number of nitro groups is 1. The van der Waals surface area contributed by atoms with Gasteiger partial charge >= 0.3 is 0 Å². The summed E-state index contributed by atoms with van der Waals surface area (Å²) in [6, 6.07) is 5.48. The van der Waals surface area contributed by atoms with Gasteiger partial charge in [-0.15, -0.1) is 0 Å². The molecule has 0 N–H and O–H groups in total. The van der Waals surface area contributed by atoms with Crippen molar-refractivity contribution in [3.8, 4) is 0 Å². The normalized spacial score (nSPS) is 23.4. The first kappa shape index (κ1) is 13.8. The summed E-state index contributed by atoms with van der Waals surface area (Å²) in [5.74, 6) is 0.491. The number of piperidine rings is 1. The molecule has 0 saturated carbocycles. The number of hydrogen-bond acceptors (Lipinski definition) is 4. The van der Waals surface area contributed by atoms with Gasteiger partial charge in [-0.25, -0.2) is 0 Å². The first-order valence-corrected chi connectivity index (χ1v) is 6.56. The number of anilines is 1. The van der Waals surface area contributed by atoms with Crippen LogP contribution in [-0.4, -0.2) is 31.2 Å². The van der Waals surface area contributed by atoms with Crippen LogP contribution in [0.15, 0.2) is 18.2 Å². The van der Waals surface area contributed by atoms with Gasteiger partial charge in [0.2, 0.25) is 0 Å². The summed E-state index contributed by atoms with van der Waals surface area (Å²) in [5, 5.41) is 11.2. The van der Waals surface area contributed by atoms with Gasteiger partial charge in [0.25, 0.3) is 5.69 Å². The van der Waals surface area contributed by atoms with Gasteiger partial charge < -0.3 is 9.64 Å². The predicted molar refractivity (Wildman–Crippen MR) is 74.6 cm³/mol. The molecule has 1 aromatic carbocycles. The van der Waals surface area contributed by atoms with Crippen molar-refractivity contribution in [2.24, 2.45) is 5.92 Å². The van der Waals surface area contributed by atoms with Gasteiger partial charge in [0.15, 0.2) is 0 Å². The molecule has 0 bridgehead atoms. The molecule has 1 aromatic rings. The molecule has 1 fully saturated rings. The molecule has 1 aliphatic rings. The number of para-hydroxylation sites is 1. The van der Waals surface area contributed by atoms with Gasteiger partial charge in [-0.3, -0.25) is 10.1 Å². The third-order valence-electron chi connectivity index (χ3n) is 3.93. The average Bonchev–Trinajstić information content (AvgIpc) is 2.38. The molecule has 1 heterocycles. The molecular weight excluding hydrogens is 244 g/mol. The van der Waals surface area contributed by atoms with Crippen LogP contribution in [0.3, 0.4) is 0 Å². The molecule has 5 heteroatoms. The number of rotatable bonds is 3. The molecule has 0 aliphatic carbocycles. The van der Waals surface area contributed by atoms with E-state index in [1.54, 1.807) is 20.1 Å². The second-order valence-electron chi connectivity index (χ2n) is 5.19. The van der Waals surface area contributed by atoms with Crippen molar-refractivity contribution in [1.29, 1.82) is 0 Å². The second-order valence-corrected chi connectivity index (χ2v) is 5.19. The Morgan fingerprint density at radius 3 is 2.84 bits per heavy atom. The average molecular weight is 264 g/mol. The molecule has 0 spiro atoms. The molecule has 0 aromatic heterocycles. The summed E-state index contributed by atoms with van der Waals surface area (Å²) in [6.07, 6.45) is 1.12. The highest BCUT2D eigenvalue weighted by atomic mass is 16.6. The van der Waals surface area contributed by atoms with Crippen molar-refractivity contribution in [3.05, 3.63) is 33.9 Å². The zero-order chi connectivity index (χ0) is 14.0. The lowest BCUT2D eigenvalue weighted by molar-refractivity contribution is -0.384. The number of benzene rings is 1. The van der Waals surface area contributed by atoms with Crippen LogP contribution in [0, 0.1) is 23.0 Å². The Kier molecular flexibility index (Phi) is 4.04. The van der Waals surface area contributed by atoms with E-state index < -0.39 is 0 Å². The summed E-state index contributed by atoms with van der Waals surface area (Å²) in [6.45, 7) is 5.49. The van der Waals surface area contributed by atoms with Gasteiger partial charge in [-0.2, -0.15) is 0 Å². The molecule has 0 amide bonds. The first-order chi connectivity index (χ1) is 9.04. The van der Waals surface area contributed by atoms with Gasteiger partial charge in [0, 0.05) is 25.8 Å². The lowest BCUT2D eigenvalue weighted by Crippen LogP contribution is -2.44. The SMILES string of the molecule is COC1CN(c2cccc(C)c2[N+](=O)[O-])CCC1C. The van der Waals surface area contributed by atoms with Crippen molar-refractivity contribution in [1.82, 2.24) is 0 Å². The topological polar surface area (TPSA) is 55.6 Å². The van der Waals surface area contributed by atoms with E-state index in [2.05, 4.69) is 11.8 Å². The maximum Gasteiger partial charge on any atom is 0.295 e. The molecule has 2 rings (SSSR count). The fourth-order valence-corrected chi connectivity index (χ4v) is 2.70. The Morgan fingerprint density at radius 1 is 1.47 bits per heavy atom. The largest absolute Gasteiger partial charge is 0.379 e. The van der Waals surface area contributed by atoms with Gasteiger partial charge in [0.05, 0.1) is 11.0 Å². The maximum absolute atomic E-state index is 11.2. The van der Waals surface area contributed by atoms with E-state index in [-0.39, 0.29) is 16.7 Å². The number of ether oxygens (including phenoxy) is 1. The first-order valence-electron chi connectivity index (χ1n) is 6.56. The standard InChI is InChI=1S/C14H20N2O3/c1-10-7-8-15(9-13(10)19-3)12-6-4-5-11(2)14(12)16(17)18/h4-6,10,13H,7-9H2,1-3H3. The number of aryl methyl sites for hydroxylation is 1. The van der Waals surface area contributed by atoms with Gasteiger partial charge in [0.1, 0.15) is 5.69 Å². The minimum atomic E-state index is -0.287. The molecule has 2 atom stereocenters. The van der Waals surface area contributed by atoms with Crippen LogP contribution in [0.2, 0.25) is 0 Å². The smallest absolute Gasteiger partial charge is 0.295 e. The minimum Gasteiger partial charge on any atom is -0.379 e. The van der Waals surface area contributed by atoms with Crippen molar-refractivity contribution in [2.75, 3.05) is 25.1 Å². The third-order valence-corrected chi connectivity index (χ3v) is 3.93. The third kappa shape index (κ3) is 2.71. The number of hydrogen-bond donors (Lipinski definition) is 0. The van der Waals surface area contributed by atoms with E-state index in [0.29, 0.717) is 23.7 Å². The van der Waals surface area contributed by atoms with E-state index in [9.17, 15) is 10.1 Å². The Bertz CT molecular complexity index is 476. The minimum absolute atomic E-state index is 0.133. The second kappa shape index (κ2) is 5.57. The number of nitrogens with zero attached hydrogens (tertiary/aromatic N) is 2. The van der Waals surface area contributed by atoms with E-state index in [1.165, 1.54) is 0 Å². The summed E-state index contributed by atoms with van der Waals surface area (Å²) in [7, 11) is 1.70. The van der Waals surface area contributed by atoms with E-state index in [1.807, 2.05) is 12.1 Å². The monoisotopic (exact) mass is 264 g/mol. The maximum atomic E-state index is 11.2. The predicted octanol–water partition coefficient (Wildman–Crippen LogP) is 2.76.